The lowest BCUT2D eigenvalue weighted by atomic mass is 9.82. The normalized spacial score (nSPS) is 11.6. The molecule has 0 saturated carbocycles. The van der Waals surface area contributed by atoms with Gasteiger partial charge in [0.25, 0.3) is 0 Å². The molecule has 0 fully saturated rings. The summed E-state index contributed by atoms with van der Waals surface area (Å²) in [6, 6.07) is 8.19. The van der Waals surface area contributed by atoms with Crippen LogP contribution in [0.5, 0.6) is 0 Å². The molecular weight excluding hydrogens is 220 g/mol. The van der Waals surface area contributed by atoms with E-state index >= 15 is 0 Å². The SMILES string of the molecule is CCCCCC(=O)c1ccc(C(C)(C)CC)cc1. The first-order chi connectivity index (χ1) is 8.51. The highest BCUT2D eigenvalue weighted by Gasteiger charge is 2.18. The molecule has 0 aliphatic heterocycles. The summed E-state index contributed by atoms with van der Waals surface area (Å²) in [5.41, 5.74) is 2.38. The molecule has 1 heteroatoms. The predicted molar refractivity (Wildman–Crippen MR) is 78.2 cm³/mol. The van der Waals surface area contributed by atoms with Crippen molar-refractivity contribution >= 4 is 5.78 Å². The second-order valence-corrected chi connectivity index (χ2v) is 5.70. The van der Waals surface area contributed by atoms with Gasteiger partial charge in [-0.25, -0.2) is 0 Å². The van der Waals surface area contributed by atoms with Gasteiger partial charge in [-0.05, 0) is 23.8 Å². The minimum Gasteiger partial charge on any atom is -0.294 e. The molecule has 0 aliphatic rings. The maximum atomic E-state index is 12.0. The minimum atomic E-state index is 0.198. The van der Waals surface area contributed by atoms with Crippen LogP contribution in [0.3, 0.4) is 0 Å². The maximum absolute atomic E-state index is 12.0. The molecular formula is C17H26O. The van der Waals surface area contributed by atoms with E-state index in [1.807, 2.05) is 12.1 Å². The van der Waals surface area contributed by atoms with E-state index in [1.165, 1.54) is 5.56 Å². The number of rotatable bonds is 7. The molecule has 0 N–H and O–H groups in total. The molecule has 0 amide bonds. The van der Waals surface area contributed by atoms with Gasteiger partial charge in [-0.3, -0.25) is 4.79 Å². The Labute approximate surface area is 112 Å². The first-order valence-corrected chi connectivity index (χ1v) is 7.15. The Morgan fingerprint density at radius 3 is 2.17 bits per heavy atom. The lowest BCUT2D eigenvalue weighted by Gasteiger charge is -2.23. The first-order valence-electron chi connectivity index (χ1n) is 7.15. The summed E-state index contributed by atoms with van der Waals surface area (Å²) in [7, 11) is 0. The van der Waals surface area contributed by atoms with Crippen LogP contribution in [0.4, 0.5) is 0 Å². The third kappa shape index (κ3) is 3.97. The Bertz CT molecular complexity index is 373. The van der Waals surface area contributed by atoms with E-state index in [-0.39, 0.29) is 11.2 Å². The van der Waals surface area contributed by atoms with Crippen molar-refractivity contribution < 1.29 is 4.79 Å². The van der Waals surface area contributed by atoms with Gasteiger partial charge in [0.15, 0.2) is 5.78 Å². The van der Waals surface area contributed by atoms with Crippen molar-refractivity contribution in [3.63, 3.8) is 0 Å². The predicted octanol–water partition coefficient (Wildman–Crippen LogP) is 5.14. The van der Waals surface area contributed by atoms with E-state index < -0.39 is 0 Å². The lowest BCUT2D eigenvalue weighted by molar-refractivity contribution is 0.0979. The molecule has 0 radical (unpaired) electrons. The highest BCUT2D eigenvalue weighted by molar-refractivity contribution is 5.96. The summed E-state index contributed by atoms with van der Waals surface area (Å²) in [5.74, 6) is 0.282. The van der Waals surface area contributed by atoms with Crippen LogP contribution in [-0.4, -0.2) is 5.78 Å². The topological polar surface area (TPSA) is 17.1 Å². The summed E-state index contributed by atoms with van der Waals surface area (Å²) in [6.45, 7) is 8.84. The van der Waals surface area contributed by atoms with Gasteiger partial charge in [-0.15, -0.1) is 0 Å². The Hall–Kier alpha value is -1.11. The number of hydrogen-bond acceptors (Lipinski definition) is 1. The second kappa shape index (κ2) is 6.72. The van der Waals surface area contributed by atoms with Crippen molar-refractivity contribution in [3.05, 3.63) is 35.4 Å². The number of carbonyl (C=O) groups excluding carboxylic acids is 1. The maximum Gasteiger partial charge on any atom is 0.162 e. The van der Waals surface area contributed by atoms with Gasteiger partial charge in [-0.1, -0.05) is 64.8 Å². The molecule has 0 aromatic heterocycles. The number of benzene rings is 1. The molecule has 0 bridgehead atoms. The van der Waals surface area contributed by atoms with E-state index in [9.17, 15) is 4.79 Å². The van der Waals surface area contributed by atoms with Gasteiger partial charge in [-0.2, -0.15) is 0 Å². The van der Waals surface area contributed by atoms with Crippen molar-refractivity contribution in [2.75, 3.05) is 0 Å². The highest BCUT2D eigenvalue weighted by Crippen LogP contribution is 2.26. The largest absolute Gasteiger partial charge is 0.294 e. The van der Waals surface area contributed by atoms with E-state index in [2.05, 4.69) is 39.8 Å². The van der Waals surface area contributed by atoms with Crippen molar-refractivity contribution in [2.45, 2.75) is 65.2 Å². The third-order valence-electron chi connectivity index (χ3n) is 3.88. The Morgan fingerprint density at radius 2 is 1.67 bits per heavy atom. The van der Waals surface area contributed by atoms with Crippen molar-refractivity contribution in [3.8, 4) is 0 Å². The summed E-state index contributed by atoms with van der Waals surface area (Å²) < 4.78 is 0. The van der Waals surface area contributed by atoms with Crippen molar-refractivity contribution in [1.29, 1.82) is 0 Å². The van der Waals surface area contributed by atoms with Gasteiger partial charge in [0.1, 0.15) is 0 Å². The van der Waals surface area contributed by atoms with Crippen LogP contribution in [0.1, 0.15) is 75.7 Å². The second-order valence-electron chi connectivity index (χ2n) is 5.70. The molecule has 0 aliphatic carbocycles. The summed E-state index contributed by atoms with van der Waals surface area (Å²) in [6.07, 6.45) is 5.11. The number of Topliss-reactive ketones (excluding diaryl/α,β-unsaturated/α-hetero) is 1. The molecule has 0 atom stereocenters. The Morgan fingerprint density at radius 1 is 1.06 bits per heavy atom. The van der Waals surface area contributed by atoms with Crippen molar-refractivity contribution in [2.24, 2.45) is 0 Å². The quantitative estimate of drug-likeness (QED) is 0.481. The van der Waals surface area contributed by atoms with Gasteiger partial charge in [0.2, 0.25) is 0 Å². The Kier molecular flexibility index (Phi) is 5.58. The average molecular weight is 246 g/mol. The fourth-order valence-corrected chi connectivity index (χ4v) is 1.99. The first kappa shape index (κ1) is 14.9. The number of carbonyl (C=O) groups is 1. The molecule has 0 saturated heterocycles. The van der Waals surface area contributed by atoms with Gasteiger partial charge in [0.05, 0.1) is 0 Å². The van der Waals surface area contributed by atoms with Crippen LogP contribution < -0.4 is 0 Å². The van der Waals surface area contributed by atoms with E-state index in [0.717, 1.165) is 31.2 Å². The molecule has 0 unspecified atom stereocenters. The molecule has 1 aromatic carbocycles. The van der Waals surface area contributed by atoms with Crippen LogP contribution in [0.25, 0.3) is 0 Å². The molecule has 0 heterocycles. The standard InChI is InChI=1S/C17H26O/c1-5-7-8-9-16(18)14-10-12-15(13-11-14)17(3,4)6-2/h10-13H,5-9H2,1-4H3. The Balaban J connectivity index is 2.68. The third-order valence-corrected chi connectivity index (χ3v) is 3.88. The summed E-state index contributed by atoms with van der Waals surface area (Å²) in [5, 5.41) is 0. The summed E-state index contributed by atoms with van der Waals surface area (Å²) >= 11 is 0. The van der Waals surface area contributed by atoms with E-state index in [0.29, 0.717) is 6.42 Å². The van der Waals surface area contributed by atoms with Crippen LogP contribution in [0, 0.1) is 0 Å². The minimum absolute atomic E-state index is 0.198. The zero-order valence-corrected chi connectivity index (χ0v) is 12.3. The van der Waals surface area contributed by atoms with Gasteiger partial charge in [0, 0.05) is 12.0 Å². The van der Waals surface area contributed by atoms with Gasteiger partial charge >= 0.3 is 0 Å². The fraction of sp³-hybridized carbons (Fsp3) is 0.588. The monoisotopic (exact) mass is 246 g/mol. The van der Waals surface area contributed by atoms with Crippen LogP contribution in [0.2, 0.25) is 0 Å². The van der Waals surface area contributed by atoms with Crippen LogP contribution in [0.15, 0.2) is 24.3 Å². The molecule has 1 rings (SSSR count). The van der Waals surface area contributed by atoms with Crippen LogP contribution in [-0.2, 0) is 5.41 Å². The van der Waals surface area contributed by atoms with E-state index in [4.69, 9.17) is 0 Å². The number of ketones is 1. The molecule has 18 heavy (non-hydrogen) atoms. The fourth-order valence-electron chi connectivity index (χ4n) is 1.99. The highest BCUT2D eigenvalue weighted by atomic mass is 16.1. The zero-order valence-electron chi connectivity index (χ0n) is 12.3. The van der Waals surface area contributed by atoms with E-state index in [1.54, 1.807) is 0 Å². The van der Waals surface area contributed by atoms with Crippen molar-refractivity contribution in [1.82, 2.24) is 0 Å². The molecule has 1 nitrogen and oxygen atoms in total. The molecule has 1 aromatic rings. The van der Waals surface area contributed by atoms with Crippen LogP contribution >= 0.6 is 0 Å². The lowest BCUT2D eigenvalue weighted by Crippen LogP contribution is -2.15. The smallest absolute Gasteiger partial charge is 0.162 e. The number of hydrogen-bond donors (Lipinski definition) is 0. The summed E-state index contributed by atoms with van der Waals surface area (Å²) in [4.78, 5) is 12.0. The number of unbranched alkanes of at least 4 members (excludes halogenated alkanes) is 2. The molecule has 100 valence electrons. The van der Waals surface area contributed by atoms with Gasteiger partial charge < -0.3 is 0 Å². The zero-order chi connectivity index (χ0) is 13.6. The molecule has 0 spiro atoms. The average Bonchev–Trinajstić information content (AvgIpc) is 2.39.